The summed E-state index contributed by atoms with van der Waals surface area (Å²) in [4.78, 5) is 9.16. The highest BCUT2D eigenvalue weighted by Gasteiger charge is 2.43. The van der Waals surface area contributed by atoms with E-state index in [-0.39, 0.29) is 5.60 Å². The molecule has 2 rings (SSSR count). The molecule has 54 valence electrons. The van der Waals surface area contributed by atoms with Crippen LogP contribution in [0.25, 0.3) is 0 Å². The van der Waals surface area contributed by atoms with Gasteiger partial charge in [0.25, 0.3) is 0 Å². The van der Waals surface area contributed by atoms with Crippen molar-refractivity contribution >= 4 is 12.6 Å². The fourth-order valence-corrected chi connectivity index (χ4v) is 1.21. The standard InChI is InChI=1S/C7H10N2O/c1-7(6-2-3-6)4-8-5-9-10-7/h4-6H,2-3H2,1H3. The van der Waals surface area contributed by atoms with Crippen molar-refractivity contribution in [1.82, 2.24) is 0 Å². The second kappa shape index (κ2) is 1.81. The van der Waals surface area contributed by atoms with Crippen molar-refractivity contribution < 1.29 is 4.84 Å². The summed E-state index contributed by atoms with van der Waals surface area (Å²) in [6.07, 6.45) is 5.78. The van der Waals surface area contributed by atoms with E-state index in [0.717, 1.165) is 0 Å². The first-order valence-electron chi connectivity index (χ1n) is 3.56. The van der Waals surface area contributed by atoms with E-state index in [9.17, 15) is 0 Å². The van der Waals surface area contributed by atoms with Crippen molar-refractivity contribution in [1.29, 1.82) is 0 Å². The molecular formula is C7H10N2O. The molecule has 10 heavy (non-hydrogen) atoms. The molecule has 1 aliphatic heterocycles. The number of nitrogens with zero attached hydrogens (tertiary/aromatic N) is 2. The van der Waals surface area contributed by atoms with E-state index in [1.807, 2.05) is 13.1 Å². The van der Waals surface area contributed by atoms with Gasteiger partial charge in [-0.25, -0.2) is 4.99 Å². The summed E-state index contributed by atoms with van der Waals surface area (Å²) in [7, 11) is 0. The third-order valence-electron chi connectivity index (χ3n) is 2.08. The smallest absolute Gasteiger partial charge is 0.172 e. The Hall–Kier alpha value is -0.860. The molecule has 1 atom stereocenters. The van der Waals surface area contributed by atoms with Crippen molar-refractivity contribution in [3.8, 4) is 0 Å². The topological polar surface area (TPSA) is 34.0 Å². The average molecular weight is 138 g/mol. The summed E-state index contributed by atoms with van der Waals surface area (Å²) >= 11 is 0. The molecule has 1 fully saturated rings. The Balaban J connectivity index is 2.14. The van der Waals surface area contributed by atoms with Crippen LogP contribution in [0.2, 0.25) is 0 Å². The molecule has 2 aliphatic rings. The molecule has 0 saturated heterocycles. The Bertz CT molecular complexity index is 196. The van der Waals surface area contributed by atoms with Crippen LogP contribution in [0.1, 0.15) is 19.8 Å². The van der Waals surface area contributed by atoms with Gasteiger partial charge in [0.2, 0.25) is 0 Å². The molecule has 1 aliphatic carbocycles. The van der Waals surface area contributed by atoms with E-state index in [0.29, 0.717) is 5.92 Å². The molecule has 0 aromatic heterocycles. The highest BCUT2D eigenvalue weighted by atomic mass is 16.7. The van der Waals surface area contributed by atoms with Crippen LogP contribution in [-0.4, -0.2) is 18.2 Å². The van der Waals surface area contributed by atoms with Crippen LogP contribution < -0.4 is 0 Å². The summed E-state index contributed by atoms with van der Waals surface area (Å²) in [6, 6.07) is 0. The first-order valence-corrected chi connectivity index (χ1v) is 3.56. The highest BCUT2D eigenvalue weighted by Crippen LogP contribution is 2.41. The van der Waals surface area contributed by atoms with Crippen molar-refractivity contribution in [3.05, 3.63) is 0 Å². The van der Waals surface area contributed by atoms with Crippen LogP contribution >= 0.6 is 0 Å². The maximum absolute atomic E-state index is 5.21. The minimum Gasteiger partial charge on any atom is -0.382 e. The Morgan fingerprint density at radius 3 is 2.90 bits per heavy atom. The Morgan fingerprint density at radius 2 is 2.40 bits per heavy atom. The van der Waals surface area contributed by atoms with Crippen molar-refractivity contribution in [2.24, 2.45) is 16.1 Å². The van der Waals surface area contributed by atoms with E-state index < -0.39 is 0 Å². The molecule has 1 saturated carbocycles. The lowest BCUT2D eigenvalue weighted by Crippen LogP contribution is -2.33. The largest absolute Gasteiger partial charge is 0.382 e. The van der Waals surface area contributed by atoms with Crippen molar-refractivity contribution in [2.75, 3.05) is 0 Å². The fraction of sp³-hybridized carbons (Fsp3) is 0.714. The molecule has 0 N–H and O–H groups in total. The van der Waals surface area contributed by atoms with E-state index in [1.54, 1.807) is 0 Å². The van der Waals surface area contributed by atoms with Gasteiger partial charge in [0, 0.05) is 5.92 Å². The van der Waals surface area contributed by atoms with Crippen LogP contribution in [0.4, 0.5) is 0 Å². The minimum atomic E-state index is -0.200. The maximum Gasteiger partial charge on any atom is 0.172 e. The van der Waals surface area contributed by atoms with Gasteiger partial charge in [-0.05, 0) is 19.8 Å². The molecule has 3 heteroatoms. The molecule has 1 unspecified atom stereocenters. The van der Waals surface area contributed by atoms with E-state index in [4.69, 9.17) is 4.84 Å². The lowest BCUT2D eigenvalue weighted by molar-refractivity contribution is 0.0107. The predicted octanol–water partition coefficient (Wildman–Crippen LogP) is 1.20. The quantitative estimate of drug-likeness (QED) is 0.536. The molecule has 1 heterocycles. The van der Waals surface area contributed by atoms with Crippen LogP contribution in [0, 0.1) is 5.92 Å². The summed E-state index contributed by atoms with van der Waals surface area (Å²) < 4.78 is 0. The van der Waals surface area contributed by atoms with Gasteiger partial charge in [-0.15, -0.1) is 0 Å². The molecule has 0 radical (unpaired) electrons. The lowest BCUT2D eigenvalue weighted by Gasteiger charge is -2.23. The van der Waals surface area contributed by atoms with E-state index >= 15 is 0 Å². The van der Waals surface area contributed by atoms with Crippen molar-refractivity contribution in [2.45, 2.75) is 25.4 Å². The lowest BCUT2D eigenvalue weighted by atomic mass is 10.0. The van der Waals surface area contributed by atoms with Crippen LogP contribution in [0.3, 0.4) is 0 Å². The van der Waals surface area contributed by atoms with Gasteiger partial charge in [0.1, 0.15) is 0 Å². The predicted molar refractivity (Wildman–Crippen MR) is 39.2 cm³/mol. The Kier molecular flexibility index (Phi) is 1.07. The average Bonchev–Trinajstić information content (AvgIpc) is 2.69. The highest BCUT2D eigenvalue weighted by molar-refractivity contribution is 5.79. The van der Waals surface area contributed by atoms with Gasteiger partial charge in [0.15, 0.2) is 11.9 Å². The summed E-state index contributed by atoms with van der Waals surface area (Å²) in [6.45, 7) is 2.03. The fourth-order valence-electron chi connectivity index (χ4n) is 1.21. The molecule has 0 aromatic carbocycles. The number of hydrogen-bond donors (Lipinski definition) is 0. The normalized spacial score (nSPS) is 37.7. The second-order valence-electron chi connectivity index (χ2n) is 3.05. The van der Waals surface area contributed by atoms with Gasteiger partial charge >= 0.3 is 0 Å². The number of aliphatic imine (C=N–C) groups is 1. The summed E-state index contributed by atoms with van der Waals surface area (Å²) in [5, 5.41) is 3.67. The monoisotopic (exact) mass is 138 g/mol. The van der Waals surface area contributed by atoms with Crippen molar-refractivity contribution in [3.63, 3.8) is 0 Å². The molecule has 0 spiro atoms. The first-order chi connectivity index (χ1) is 4.81. The van der Waals surface area contributed by atoms with Gasteiger partial charge < -0.3 is 4.84 Å². The third-order valence-corrected chi connectivity index (χ3v) is 2.08. The minimum absolute atomic E-state index is 0.200. The van der Waals surface area contributed by atoms with E-state index in [1.165, 1.54) is 19.2 Å². The molecule has 3 nitrogen and oxygen atoms in total. The van der Waals surface area contributed by atoms with Gasteiger partial charge in [-0.1, -0.05) is 5.16 Å². The molecule has 0 amide bonds. The third kappa shape index (κ3) is 0.818. The Morgan fingerprint density at radius 1 is 1.60 bits per heavy atom. The number of hydrogen-bond acceptors (Lipinski definition) is 3. The summed E-state index contributed by atoms with van der Waals surface area (Å²) in [5.41, 5.74) is -0.200. The van der Waals surface area contributed by atoms with Gasteiger partial charge in [0.05, 0.1) is 6.21 Å². The summed E-state index contributed by atoms with van der Waals surface area (Å²) in [5.74, 6) is 0.647. The zero-order valence-corrected chi connectivity index (χ0v) is 5.95. The Labute approximate surface area is 59.8 Å². The molecule has 0 bridgehead atoms. The number of rotatable bonds is 1. The maximum atomic E-state index is 5.21. The SMILES string of the molecule is CC1(C2CC2)C=NC=NO1. The second-order valence-corrected chi connectivity index (χ2v) is 3.05. The first kappa shape index (κ1) is 5.89. The van der Waals surface area contributed by atoms with Crippen LogP contribution in [0.15, 0.2) is 10.1 Å². The zero-order valence-electron chi connectivity index (χ0n) is 5.95. The van der Waals surface area contributed by atoms with Crippen LogP contribution in [0.5, 0.6) is 0 Å². The van der Waals surface area contributed by atoms with Gasteiger partial charge in [-0.3, -0.25) is 0 Å². The van der Waals surface area contributed by atoms with Crippen LogP contribution in [-0.2, 0) is 4.84 Å². The number of oxime groups is 1. The molecular weight excluding hydrogens is 128 g/mol. The molecule has 0 aromatic rings. The zero-order chi connectivity index (χ0) is 7.03. The van der Waals surface area contributed by atoms with Gasteiger partial charge in [-0.2, -0.15) is 0 Å². The van der Waals surface area contributed by atoms with E-state index in [2.05, 4.69) is 10.1 Å².